The molecule has 1 unspecified atom stereocenters. The lowest BCUT2D eigenvalue weighted by Crippen LogP contribution is -3.12. The first-order chi connectivity index (χ1) is 13.5. The molecular formula is C23H26NO4+. The van der Waals surface area contributed by atoms with Gasteiger partial charge in [0.2, 0.25) is 5.78 Å². The fraction of sp³-hybridized carbons (Fsp3) is 0.348. The van der Waals surface area contributed by atoms with Crippen molar-refractivity contribution in [3.8, 4) is 17.2 Å². The lowest BCUT2D eigenvalue weighted by Gasteiger charge is -2.28. The van der Waals surface area contributed by atoms with Crippen LogP contribution in [0.4, 0.5) is 0 Å². The molecule has 1 saturated heterocycles. The number of rotatable bonds is 4. The van der Waals surface area contributed by atoms with Gasteiger partial charge in [-0.05, 0) is 48.7 Å². The van der Waals surface area contributed by atoms with Crippen molar-refractivity contribution in [1.29, 1.82) is 0 Å². The van der Waals surface area contributed by atoms with Crippen molar-refractivity contribution in [2.45, 2.75) is 26.3 Å². The second-order valence-electron chi connectivity index (χ2n) is 7.78. The van der Waals surface area contributed by atoms with E-state index in [1.807, 2.05) is 24.3 Å². The van der Waals surface area contributed by atoms with Crippen LogP contribution < -0.4 is 14.4 Å². The summed E-state index contributed by atoms with van der Waals surface area (Å²) in [5.41, 5.74) is 2.08. The van der Waals surface area contributed by atoms with Crippen LogP contribution in [-0.2, 0) is 6.54 Å². The van der Waals surface area contributed by atoms with E-state index in [0.717, 1.165) is 30.0 Å². The summed E-state index contributed by atoms with van der Waals surface area (Å²) in [4.78, 5) is 14.3. The number of benzene rings is 2. The third-order valence-corrected chi connectivity index (χ3v) is 5.60. The first kappa shape index (κ1) is 18.6. The van der Waals surface area contributed by atoms with Gasteiger partial charge in [-0.25, -0.2) is 0 Å². The molecule has 2 aliphatic rings. The Labute approximate surface area is 165 Å². The number of nitrogens with one attached hydrogen (secondary N) is 1. The Morgan fingerprint density at radius 1 is 1.32 bits per heavy atom. The molecule has 0 aliphatic carbocycles. The van der Waals surface area contributed by atoms with Crippen LogP contribution in [0.15, 0.2) is 42.2 Å². The molecule has 0 aromatic heterocycles. The molecule has 2 aromatic rings. The molecular weight excluding hydrogens is 354 g/mol. The number of aromatic hydroxyl groups is 1. The molecule has 0 spiro atoms. The molecule has 4 rings (SSSR count). The zero-order valence-electron chi connectivity index (χ0n) is 16.3. The predicted octanol–water partition coefficient (Wildman–Crippen LogP) is 2.83. The average molecular weight is 380 g/mol. The molecule has 2 N–H and O–H groups in total. The highest BCUT2D eigenvalue weighted by atomic mass is 16.5. The van der Waals surface area contributed by atoms with E-state index >= 15 is 0 Å². The van der Waals surface area contributed by atoms with Crippen LogP contribution in [0.3, 0.4) is 0 Å². The number of piperidine rings is 1. The van der Waals surface area contributed by atoms with Crippen LogP contribution in [0.1, 0.15) is 41.3 Å². The first-order valence-corrected chi connectivity index (χ1v) is 9.82. The largest absolute Gasteiger partial charge is 0.507 e. The van der Waals surface area contributed by atoms with E-state index in [9.17, 15) is 9.90 Å². The van der Waals surface area contributed by atoms with E-state index in [4.69, 9.17) is 9.47 Å². The molecule has 2 heterocycles. The van der Waals surface area contributed by atoms with Gasteiger partial charge in [-0.3, -0.25) is 4.79 Å². The molecule has 2 atom stereocenters. The molecule has 5 nitrogen and oxygen atoms in total. The van der Waals surface area contributed by atoms with Crippen molar-refractivity contribution in [3.63, 3.8) is 0 Å². The average Bonchev–Trinajstić information content (AvgIpc) is 3.00. The summed E-state index contributed by atoms with van der Waals surface area (Å²) in [7, 11) is 1.61. The standard InChI is InChI=1S/C23H25NO4/c1-15-5-4-10-24(13-15)14-19-20(25)9-8-18-22(26)21(28-23(18)19)12-16-6-3-7-17(11-16)27-2/h3,6-9,11-12,15,25H,4-5,10,13-14H2,1-2H3/p+1/b21-12-/t15-/m1/s1. The maximum atomic E-state index is 12.9. The lowest BCUT2D eigenvalue weighted by molar-refractivity contribution is -0.922. The predicted molar refractivity (Wildman–Crippen MR) is 107 cm³/mol. The zero-order chi connectivity index (χ0) is 19.7. The van der Waals surface area contributed by atoms with Crippen molar-refractivity contribution in [2.24, 2.45) is 5.92 Å². The maximum Gasteiger partial charge on any atom is 0.231 e. The lowest BCUT2D eigenvalue weighted by atomic mass is 9.99. The molecule has 2 aromatic carbocycles. The minimum Gasteiger partial charge on any atom is -0.507 e. The van der Waals surface area contributed by atoms with Gasteiger partial charge in [0.15, 0.2) is 11.5 Å². The highest BCUT2D eigenvalue weighted by Crippen LogP contribution is 2.39. The number of allylic oxidation sites excluding steroid dienone is 1. The fourth-order valence-corrected chi connectivity index (χ4v) is 4.16. The maximum absolute atomic E-state index is 12.9. The summed E-state index contributed by atoms with van der Waals surface area (Å²) in [5.74, 6) is 2.22. The normalized spacial score (nSPS) is 22.8. The smallest absolute Gasteiger partial charge is 0.231 e. The molecule has 146 valence electrons. The van der Waals surface area contributed by atoms with Gasteiger partial charge in [0.1, 0.15) is 18.0 Å². The van der Waals surface area contributed by atoms with Gasteiger partial charge < -0.3 is 19.5 Å². The number of Topliss-reactive ketones (excluding diaryl/α,β-unsaturated/α-hetero) is 1. The van der Waals surface area contributed by atoms with Crippen molar-refractivity contribution < 1.29 is 24.3 Å². The van der Waals surface area contributed by atoms with E-state index in [2.05, 4.69) is 6.92 Å². The Morgan fingerprint density at radius 3 is 2.96 bits per heavy atom. The van der Waals surface area contributed by atoms with Gasteiger partial charge in [-0.2, -0.15) is 0 Å². The summed E-state index contributed by atoms with van der Waals surface area (Å²) >= 11 is 0. The third-order valence-electron chi connectivity index (χ3n) is 5.60. The van der Waals surface area contributed by atoms with Crippen molar-refractivity contribution in [1.82, 2.24) is 0 Å². The number of hydrogen-bond acceptors (Lipinski definition) is 4. The number of fused-ring (bicyclic) bond motifs is 1. The molecule has 28 heavy (non-hydrogen) atoms. The van der Waals surface area contributed by atoms with E-state index in [-0.39, 0.29) is 17.3 Å². The summed E-state index contributed by atoms with van der Waals surface area (Å²) in [5, 5.41) is 10.5. The van der Waals surface area contributed by atoms with Gasteiger partial charge in [0.25, 0.3) is 0 Å². The number of ether oxygens (including phenoxy) is 2. The Kier molecular flexibility index (Phi) is 5.09. The Balaban J connectivity index is 1.63. The minimum absolute atomic E-state index is 0.152. The molecule has 5 heteroatoms. The summed E-state index contributed by atoms with van der Waals surface area (Å²) in [6, 6.07) is 10.7. The topological polar surface area (TPSA) is 60.2 Å². The Hall–Kier alpha value is -2.79. The number of hydrogen-bond donors (Lipinski definition) is 2. The fourth-order valence-electron chi connectivity index (χ4n) is 4.16. The quantitative estimate of drug-likeness (QED) is 0.801. The molecule has 0 bridgehead atoms. The van der Waals surface area contributed by atoms with Gasteiger partial charge in [-0.15, -0.1) is 0 Å². The zero-order valence-corrected chi connectivity index (χ0v) is 16.3. The summed E-state index contributed by atoms with van der Waals surface area (Å²) in [6.45, 7) is 5.08. The number of likely N-dealkylation sites (tertiary alicyclic amines) is 1. The highest BCUT2D eigenvalue weighted by molar-refractivity contribution is 6.15. The van der Waals surface area contributed by atoms with Gasteiger partial charge >= 0.3 is 0 Å². The summed E-state index contributed by atoms with van der Waals surface area (Å²) in [6.07, 6.45) is 4.17. The van der Waals surface area contributed by atoms with Gasteiger partial charge in [-0.1, -0.05) is 19.1 Å². The van der Waals surface area contributed by atoms with Crippen LogP contribution in [0, 0.1) is 5.92 Å². The molecule has 0 radical (unpaired) electrons. The van der Waals surface area contributed by atoms with Crippen LogP contribution in [-0.4, -0.2) is 31.1 Å². The number of quaternary nitrogens is 1. The van der Waals surface area contributed by atoms with Crippen LogP contribution in [0.5, 0.6) is 17.2 Å². The number of carbonyl (C=O) groups is 1. The monoisotopic (exact) mass is 380 g/mol. The second kappa shape index (κ2) is 7.68. The first-order valence-electron chi connectivity index (χ1n) is 9.82. The number of phenols is 1. The molecule has 2 aliphatic heterocycles. The summed E-state index contributed by atoms with van der Waals surface area (Å²) < 4.78 is 11.2. The van der Waals surface area contributed by atoms with Gasteiger partial charge in [0.05, 0.1) is 31.3 Å². The molecule has 1 fully saturated rings. The Bertz CT molecular complexity index is 934. The van der Waals surface area contributed by atoms with Crippen LogP contribution in [0.25, 0.3) is 6.08 Å². The van der Waals surface area contributed by atoms with Gasteiger partial charge in [0, 0.05) is 5.92 Å². The number of carbonyl (C=O) groups excluding carboxylic acids is 1. The Morgan fingerprint density at radius 2 is 2.18 bits per heavy atom. The minimum atomic E-state index is -0.152. The molecule has 0 amide bonds. The number of ketones is 1. The van der Waals surface area contributed by atoms with E-state index in [0.29, 0.717) is 23.8 Å². The van der Waals surface area contributed by atoms with E-state index in [1.54, 1.807) is 25.3 Å². The number of methoxy groups -OCH3 is 1. The number of phenolic OH excluding ortho intramolecular Hbond substituents is 1. The van der Waals surface area contributed by atoms with E-state index < -0.39 is 0 Å². The van der Waals surface area contributed by atoms with Crippen LogP contribution >= 0.6 is 0 Å². The van der Waals surface area contributed by atoms with Crippen LogP contribution in [0.2, 0.25) is 0 Å². The van der Waals surface area contributed by atoms with Crippen molar-refractivity contribution >= 4 is 11.9 Å². The SMILES string of the molecule is COc1cccc(/C=C2\Oc3c(ccc(O)c3C[NH+]3CCC[C@@H](C)C3)C2=O)c1. The van der Waals surface area contributed by atoms with E-state index in [1.165, 1.54) is 17.7 Å². The van der Waals surface area contributed by atoms with Crippen molar-refractivity contribution in [3.05, 3.63) is 58.8 Å². The highest BCUT2D eigenvalue weighted by Gasteiger charge is 2.33. The second-order valence-corrected chi connectivity index (χ2v) is 7.78. The van der Waals surface area contributed by atoms with Crippen molar-refractivity contribution in [2.75, 3.05) is 20.2 Å². The third kappa shape index (κ3) is 3.62. The molecule has 0 saturated carbocycles.